The number of pyridine rings is 1. The van der Waals surface area contributed by atoms with Crippen molar-refractivity contribution in [2.45, 2.75) is 32.1 Å². The predicted molar refractivity (Wildman–Crippen MR) is 119 cm³/mol. The molecule has 0 saturated carbocycles. The van der Waals surface area contributed by atoms with Gasteiger partial charge in [0.2, 0.25) is 5.91 Å². The van der Waals surface area contributed by atoms with E-state index in [0.717, 1.165) is 42.5 Å². The zero-order valence-corrected chi connectivity index (χ0v) is 17.5. The maximum absolute atomic E-state index is 11.4. The normalized spacial score (nSPS) is 13.8. The fraction of sp³-hybridized carbons (Fsp3) is 0.280. The third-order valence-electron chi connectivity index (χ3n) is 5.79. The number of carbonyl (C=O) groups excluding carboxylic acids is 1. The number of aliphatic hydroxyl groups excluding tert-OH is 1. The number of halogens is 1. The van der Waals surface area contributed by atoms with E-state index < -0.39 is 11.8 Å². The lowest BCUT2D eigenvalue weighted by Crippen LogP contribution is -2.27. The van der Waals surface area contributed by atoms with Gasteiger partial charge in [-0.2, -0.15) is 0 Å². The maximum atomic E-state index is 11.4. The monoisotopic (exact) mass is 420 g/mol. The molecule has 0 spiro atoms. The SMILES string of the molecule is NC(=O)C(CO)Cc1ccc(Cc2cc(-c3cccc(Cl)c3)nc3c2CCC3)cc1. The summed E-state index contributed by atoms with van der Waals surface area (Å²) in [5.41, 5.74) is 13.4. The molecule has 0 bridgehead atoms. The smallest absolute Gasteiger partial charge is 0.223 e. The molecule has 154 valence electrons. The summed E-state index contributed by atoms with van der Waals surface area (Å²) in [4.78, 5) is 16.3. The first kappa shape index (κ1) is 20.6. The van der Waals surface area contributed by atoms with Crippen LogP contribution in [0.5, 0.6) is 0 Å². The highest BCUT2D eigenvalue weighted by Gasteiger charge is 2.19. The molecule has 4 rings (SSSR count). The second kappa shape index (κ2) is 8.99. The van der Waals surface area contributed by atoms with Crippen molar-refractivity contribution in [3.8, 4) is 11.3 Å². The number of hydrogen-bond donors (Lipinski definition) is 2. The Bertz CT molecular complexity index is 1060. The Morgan fingerprint density at radius 1 is 1.10 bits per heavy atom. The first-order valence-corrected chi connectivity index (χ1v) is 10.7. The summed E-state index contributed by atoms with van der Waals surface area (Å²) in [5, 5.41) is 10.0. The van der Waals surface area contributed by atoms with Gasteiger partial charge in [-0.25, -0.2) is 0 Å². The third-order valence-corrected chi connectivity index (χ3v) is 6.02. The molecule has 1 aliphatic carbocycles. The van der Waals surface area contributed by atoms with Gasteiger partial charge in [-0.15, -0.1) is 0 Å². The van der Waals surface area contributed by atoms with Crippen LogP contribution in [-0.2, 0) is 30.5 Å². The van der Waals surface area contributed by atoms with Gasteiger partial charge in [0.05, 0.1) is 18.2 Å². The molecule has 0 radical (unpaired) electrons. The van der Waals surface area contributed by atoms with Gasteiger partial charge in [0.25, 0.3) is 0 Å². The molecule has 0 fully saturated rings. The van der Waals surface area contributed by atoms with E-state index >= 15 is 0 Å². The number of aliphatic hydroxyl groups is 1. The Labute approximate surface area is 181 Å². The van der Waals surface area contributed by atoms with Crippen LogP contribution in [0, 0.1) is 5.92 Å². The van der Waals surface area contributed by atoms with E-state index in [1.165, 1.54) is 22.4 Å². The fourth-order valence-electron chi connectivity index (χ4n) is 4.13. The number of carbonyl (C=O) groups is 1. The van der Waals surface area contributed by atoms with E-state index in [9.17, 15) is 9.90 Å². The molecule has 1 atom stereocenters. The lowest BCUT2D eigenvalue weighted by molar-refractivity contribution is -0.122. The van der Waals surface area contributed by atoms with Crippen molar-refractivity contribution >= 4 is 17.5 Å². The van der Waals surface area contributed by atoms with E-state index in [1.54, 1.807) is 0 Å². The lowest BCUT2D eigenvalue weighted by atomic mass is 9.95. The number of rotatable bonds is 7. The van der Waals surface area contributed by atoms with Crippen LogP contribution in [0.3, 0.4) is 0 Å². The highest BCUT2D eigenvalue weighted by molar-refractivity contribution is 6.30. The van der Waals surface area contributed by atoms with Crippen molar-refractivity contribution in [1.82, 2.24) is 4.98 Å². The summed E-state index contributed by atoms with van der Waals surface area (Å²) in [5.74, 6) is -1.01. The first-order valence-electron chi connectivity index (χ1n) is 10.3. The second-order valence-electron chi connectivity index (χ2n) is 7.94. The summed E-state index contributed by atoms with van der Waals surface area (Å²) >= 11 is 6.19. The van der Waals surface area contributed by atoms with Crippen LogP contribution in [0.15, 0.2) is 54.6 Å². The quantitative estimate of drug-likeness (QED) is 0.603. The number of hydrogen-bond acceptors (Lipinski definition) is 3. The largest absolute Gasteiger partial charge is 0.396 e. The second-order valence-corrected chi connectivity index (χ2v) is 8.37. The molecular weight excluding hydrogens is 396 g/mol. The fourth-order valence-corrected chi connectivity index (χ4v) is 4.32. The highest BCUT2D eigenvalue weighted by Crippen LogP contribution is 2.31. The van der Waals surface area contributed by atoms with Crippen molar-refractivity contribution in [2.75, 3.05) is 6.61 Å². The van der Waals surface area contributed by atoms with E-state index in [0.29, 0.717) is 11.4 Å². The van der Waals surface area contributed by atoms with Crippen LogP contribution < -0.4 is 5.73 Å². The maximum Gasteiger partial charge on any atom is 0.223 e. The number of aryl methyl sites for hydroxylation is 1. The Morgan fingerprint density at radius 2 is 1.87 bits per heavy atom. The number of nitrogens with two attached hydrogens (primary N) is 1. The molecule has 5 heteroatoms. The van der Waals surface area contributed by atoms with Crippen molar-refractivity contribution in [3.63, 3.8) is 0 Å². The summed E-state index contributed by atoms with van der Waals surface area (Å²) in [6.07, 6.45) is 4.52. The van der Waals surface area contributed by atoms with Gasteiger partial charge in [-0.1, -0.05) is 48.0 Å². The van der Waals surface area contributed by atoms with Crippen LogP contribution in [-0.4, -0.2) is 22.6 Å². The van der Waals surface area contributed by atoms with Crippen LogP contribution >= 0.6 is 11.6 Å². The van der Waals surface area contributed by atoms with Gasteiger partial charge in [-0.05, 0) is 72.6 Å². The number of primary amides is 1. The van der Waals surface area contributed by atoms with E-state index in [1.807, 2.05) is 36.4 Å². The van der Waals surface area contributed by atoms with E-state index in [2.05, 4.69) is 18.2 Å². The van der Waals surface area contributed by atoms with E-state index in [4.69, 9.17) is 22.3 Å². The van der Waals surface area contributed by atoms with Gasteiger partial charge >= 0.3 is 0 Å². The first-order chi connectivity index (χ1) is 14.5. The Morgan fingerprint density at radius 3 is 2.57 bits per heavy atom. The zero-order valence-electron chi connectivity index (χ0n) is 16.8. The van der Waals surface area contributed by atoms with Gasteiger partial charge in [0.15, 0.2) is 0 Å². The van der Waals surface area contributed by atoms with Gasteiger partial charge < -0.3 is 10.8 Å². The summed E-state index contributed by atoms with van der Waals surface area (Å²) in [6.45, 7) is -0.230. The molecule has 1 amide bonds. The van der Waals surface area contributed by atoms with Gasteiger partial charge in [-0.3, -0.25) is 9.78 Å². The average molecular weight is 421 g/mol. The molecular formula is C25H25ClN2O2. The number of aromatic nitrogens is 1. The molecule has 3 N–H and O–H groups in total. The third kappa shape index (κ3) is 4.55. The Kier molecular flexibility index (Phi) is 6.16. The van der Waals surface area contributed by atoms with Crippen molar-refractivity contribution < 1.29 is 9.90 Å². The van der Waals surface area contributed by atoms with Crippen molar-refractivity contribution in [2.24, 2.45) is 11.7 Å². The van der Waals surface area contributed by atoms with Crippen molar-refractivity contribution in [3.05, 3.63) is 87.6 Å². The number of fused-ring (bicyclic) bond motifs is 1. The summed E-state index contributed by atoms with van der Waals surface area (Å²) < 4.78 is 0. The number of nitrogens with zero attached hydrogens (tertiary/aromatic N) is 1. The minimum absolute atomic E-state index is 0.230. The highest BCUT2D eigenvalue weighted by atomic mass is 35.5. The van der Waals surface area contributed by atoms with Crippen LogP contribution in [0.1, 0.15) is 34.4 Å². The minimum Gasteiger partial charge on any atom is -0.396 e. The van der Waals surface area contributed by atoms with Gasteiger partial charge in [0, 0.05) is 16.3 Å². The van der Waals surface area contributed by atoms with Crippen LogP contribution in [0.2, 0.25) is 5.02 Å². The molecule has 2 aromatic carbocycles. The molecule has 1 unspecified atom stereocenters. The molecule has 1 heterocycles. The van der Waals surface area contributed by atoms with Crippen molar-refractivity contribution in [1.29, 1.82) is 0 Å². The minimum atomic E-state index is -0.542. The molecule has 3 aromatic rings. The predicted octanol–water partition coefficient (Wildman–Crippen LogP) is 4.12. The standard InChI is InChI=1S/C25H25ClN2O2/c26-21-4-1-3-18(13-21)24-14-19(22-5-2-6-23(22)28-24)11-16-7-9-17(10-8-16)12-20(15-29)25(27)30/h1,3-4,7-10,13-14,20,29H,2,5-6,11-12,15H2,(H2,27,30). The molecule has 0 aliphatic heterocycles. The van der Waals surface area contributed by atoms with Gasteiger partial charge in [0.1, 0.15) is 0 Å². The summed E-state index contributed by atoms with van der Waals surface area (Å²) in [6, 6.07) is 18.2. The van der Waals surface area contributed by atoms with Crippen LogP contribution in [0.4, 0.5) is 0 Å². The number of benzene rings is 2. The topological polar surface area (TPSA) is 76.2 Å². The molecule has 0 saturated heterocycles. The van der Waals surface area contributed by atoms with Crippen LogP contribution in [0.25, 0.3) is 11.3 Å². The molecule has 30 heavy (non-hydrogen) atoms. The molecule has 1 aromatic heterocycles. The zero-order chi connectivity index (χ0) is 21.1. The Hall–Kier alpha value is -2.69. The lowest BCUT2D eigenvalue weighted by Gasteiger charge is -2.13. The average Bonchev–Trinajstić information content (AvgIpc) is 3.22. The van der Waals surface area contributed by atoms with E-state index in [-0.39, 0.29) is 6.61 Å². The molecule has 4 nitrogen and oxygen atoms in total. The Balaban J connectivity index is 1.59. The molecule has 1 aliphatic rings. The summed E-state index contributed by atoms with van der Waals surface area (Å²) in [7, 11) is 0. The number of amides is 1.